The van der Waals surface area contributed by atoms with E-state index in [4.69, 9.17) is 23.7 Å². The van der Waals surface area contributed by atoms with Crippen LogP contribution in [0.5, 0.6) is 0 Å². The molecule has 2 heterocycles. The Morgan fingerprint density at radius 1 is 1.00 bits per heavy atom. The lowest BCUT2D eigenvalue weighted by Crippen LogP contribution is -2.60. The molecule has 35 heavy (non-hydrogen) atoms. The minimum absolute atomic E-state index is 0.199. The van der Waals surface area contributed by atoms with Gasteiger partial charge in [0.2, 0.25) is 6.29 Å². The van der Waals surface area contributed by atoms with Gasteiger partial charge >= 0.3 is 17.9 Å². The van der Waals surface area contributed by atoms with E-state index < -0.39 is 47.8 Å². The normalized spacial score (nSPS) is 41.9. The number of hydrogen-bond acceptors (Lipinski definition) is 9. The lowest BCUT2D eigenvalue weighted by Gasteiger charge is -2.51. The van der Waals surface area contributed by atoms with E-state index in [0.29, 0.717) is 22.5 Å². The van der Waals surface area contributed by atoms with Crippen LogP contribution in [0.15, 0.2) is 10.7 Å². The van der Waals surface area contributed by atoms with Gasteiger partial charge in [-0.1, -0.05) is 0 Å². The largest absolute Gasteiger partial charge is 0.466 e. The number of allylic oxidation sites excluding steroid dienone is 1. The molecule has 9 heteroatoms. The number of carbonyl (C=O) groups excluding carboxylic acids is 3. The zero-order valence-corrected chi connectivity index (χ0v) is 21.8. The van der Waals surface area contributed by atoms with Crippen LogP contribution >= 0.6 is 11.8 Å². The molecule has 2 aliphatic heterocycles. The topological polar surface area (TPSA) is 97.4 Å². The molecule has 0 aromatic carbocycles. The van der Waals surface area contributed by atoms with Crippen LogP contribution in [0.4, 0.5) is 0 Å². The summed E-state index contributed by atoms with van der Waals surface area (Å²) in [5.41, 5.74) is -0.199. The average molecular weight is 509 g/mol. The fourth-order valence-corrected chi connectivity index (χ4v) is 8.75. The van der Waals surface area contributed by atoms with Crippen molar-refractivity contribution < 1.29 is 38.1 Å². The molecule has 4 bridgehead atoms. The maximum atomic E-state index is 13.3. The summed E-state index contributed by atoms with van der Waals surface area (Å²) in [6.07, 6.45) is 5.10. The van der Waals surface area contributed by atoms with Crippen molar-refractivity contribution in [3.63, 3.8) is 0 Å². The van der Waals surface area contributed by atoms with E-state index in [1.807, 2.05) is 0 Å². The molecule has 0 aromatic heterocycles. The van der Waals surface area contributed by atoms with Gasteiger partial charge in [0, 0.05) is 19.3 Å². The minimum Gasteiger partial charge on any atom is -0.466 e. The highest BCUT2D eigenvalue weighted by atomic mass is 32.2. The third kappa shape index (κ3) is 4.70. The number of carbonyl (C=O) groups is 3. The highest BCUT2D eigenvalue weighted by Gasteiger charge is 2.58. The summed E-state index contributed by atoms with van der Waals surface area (Å²) in [5.74, 6) is 1.39. The average Bonchev–Trinajstić information content (AvgIpc) is 2.99. The summed E-state index contributed by atoms with van der Waals surface area (Å²) in [4.78, 5) is 37.6. The number of hydrogen-bond donors (Lipinski definition) is 0. The summed E-state index contributed by atoms with van der Waals surface area (Å²) in [6, 6.07) is 0. The lowest BCUT2D eigenvalue weighted by atomic mass is 9.60. The van der Waals surface area contributed by atoms with E-state index in [9.17, 15) is 14.4 Å². The lowest BCUT2D eigenvalue weighted by molar-refractivity contribution is -0.248. The van der Waals surface area contributed by atoms with Gasteiger partial charge < -0.3 is 23.7 Å². The summed E-state index contributed by atoms with van der Waals surface area (Å²) < 4.78 is 29.5. The van der Waals surface area contributed by atoms with Crippen molar-refractivity contribution in [3.05, 3.63) is 10.7 Å². The van der Waals surface area contributed by atoms with Crippen LogP contribution in [0.25, 0.3) is 0 Å². The Morgan fingerprint density at radius 2 is 1.63 bits per heavy atom. The van der Waals surface area contributed by atoms with E-state index in [1.165, 1.54) is 44.9 Å². The predicted molar refractivity (Wildman–Crippen MR) is 127 cm³/mol. The van der Waals surface area contributed by atoms with Crippen LogP contribution in [-0.4, -0.2) is 54.4 Å². The van der Waals surface area contributed by atoms with Crippen LogP contribution < -0.4 is 0 Å². The number of rotatable bonds is 5. The highest BCUT2D eigenvalue weighted by Crippen LogP contribution is 2.62. The summed E-state index contributed by atoms with van der Waals surface area (Å²) in [5, 5.41) is -0.571. The van der Waals surface area contributed by atoms with Crippen molar-refractivity contribution in [2.24, 2.45) is 23.2 Å². The first-order valence-electron chi connectivity index (χ1n) is 12.9. The van der Waals surface area contributed by atoms with Gasteiger partial charge in [-0.05, 0) is 76.5 Å². The van der Waals surface area contributed by atoms with E-state index in [0.717, 1.165) is 31.6 Å². The van der Waals surface area contributed by atoms with Crippen LogP contribution in [0.1, 0.15) is 72.6 Å². The van der Waals surface area contributed by atoms with E-state index in [2.05, 4.69) is 0 Å². The van der Waals surface area contributed by atoms with Crippen molar-refractivity contribution in [1.82, 2.24) is 0 Å². The molecule has 7 unspecified atom stereocenters. The fraction of sp³-hybridized carbons (Fsp3) is 0.808. The first-order chi connectivity index (χ1) is 16.7. The maximum Gasteiger partial charge on any atom is 0.348 e. The molecule has 0 spiro atoms. The minimum atomic E-state index is -0.820. The van der Waals surface area contributed by atoms with Crippen molar-refractivity contribution >= 4 is 29.7 Å². The molecule has 0 amide bonds. The first-order valence-corrected chi connectivity index (χ1v) is 13.8. The van der Waals surface area contributed by atoms with Gasteiger partial charge in [-0.25, -0.2) is 4.79 Å². The molecule has 1 saturated heterocycles. The smallest absolute Gasteiger partial charge is 0.348 e. The zero-order valence-electron chi connectivity index (χ0n) is 20.9. The van der Waals surface area contributed by atoms with E-state index >= 15 is 0 Å². The molecule has 7 atom stereocenters. The molecule has 194 valence electrons. The molecule has 0 aromatic rings. The summed E-state index contributed by atoms with van der Waals surface area (Å²) in [7, 11) is 0. The monoisotopic (exact) mass is 508 g/mol. The molecule has 4 aliphatic carbocycles. The third-order valence-corrected chi connectivity index (χ3v) is 9.71. The Balaban J connectivity index is 1.54. The van der Waals surface area contributed by atoms with Gasteiger partial charge in [0.25, 0.3) is 0 Å². The molecule has 8 nitrogen and oxygen atoms in total. The predicted octanol–water partition coefficient (Wildman–Crippen LogP) is 4.11. The van der Waals surface area contributed by atoms with E-state index in [-0.39, 0.29) is 12.0 Å². The Morgan fingerprint density at radius 3 is 2.26 bits per heavy atom. The molecule has 5 fully saturated rings. The maximum absolute atomic E-state index is 13.3. The van der Waals surface area contributed by atoms with Gasteiger partial charge in [-0.2, -0.15) is 0 Å². The summed E-state index contributed by atoms with van der Waals surface area (Å²) >= 11 is 1.30. The summed E-state index contributed by atoms with van der Waals surface area (Å²) in [6.45, 7) is 6.45. The highest BCUT2D eigenvalue weighted by molar-refractivity contribution is 8.04. The van der Waals surface area contributed by atoms with Crippen LogP contribution in [0.2, 0.25) is 0 Å². The fourth-order valence-electron chi connectivity index (χ4n) is 7.38. The van der Waals surface area contributed by atoms with Crippen LogP contribution in [0.3, 0.4) is 0 Å². The zero-order chi connectivity index (χ0) is 24.9. The molecule has 0 radical (unpaired) electrons. The molecule has 6 rings (SSSR count). The molecular weight excluding hydrogens is 472 g/mol. The quantitative estimate of drug-likeness (QED) is 0.401. The van der Waals surface area contributed by atoms with Gasteiger partial charge in [0.1, 0.15) is 15.9 Å². The Labute approximate surface area is 210 Å². The molecule has 6 aliphatic rings. The van der Waals surface area contributed by atoms with E-state index in [1.54, 1.807) is 13.8 Å². The molecule has 0 N–H and O–H groups in total. The molecule has 4 saturated carbocycles. The van der Waals surface area contributed by atoms with Crippen LogP contribution in [-0.2, 0) is 38.1 Å². The van der Waals surface area contributed by atoms with Crippen molar-refractivity contribution in [1.29, 1.82) is 0 Å². The second kappa shape index (κ2) is 9.61. The molecular formula is C26H36O8S. The standard InChI is InChI=1S/C26H36O8S/c1-5-30-24(29)22-23(26-7-6-16-8-17(11-26)10-18(9-16)12-26)34-25-21(35-22)20(33-15(4)28)19(13(2)31-25)32-14(3)27/h13,16-21,25H,5-12H2,1-4H3. The third-order valence-electron chi connectivity index (χ3n) is 8.36. The van der Waals surface area contributed by atoms with Crippen molar-refractivity contribution in [2.45, 2.75) is 102 Å². The van der Waals surface area contributed by atoms with Gasteiger partial charge in [0.15, 0.2) is 12.2 Å². The van der Waals surface area contributed by atoms with Crippen molar-refractivity contribution in [2.75, 3.05) is 6.61 Å². The number of esters is 3. The number of fused-ring (bicyclic) bond motifs is 2. The number of thioether (sulfide) groups is 1. The van der Waals surface area contributed by atoms with Gasteiger partial charge in [-0.15, -0.1) is 11.8 Å². The van der Waals surface area contributed by atoms with Gasteiger partial charge in [-0.3, -0.25) is 9.59 Å². The Hall–Kier alpha value is -1.74. The first kappa shape index (κ1) is 24.9. The Kier molecular flexibility index (Phi) is 6.85. The Bertz CT molecular complexity index is 901. The van der Waals surface area contributed by atoms with Crippen molar-refractivity contribution in [3.8, 4) is 0 Å². The van der Waals surface area contributed by atoms with Gasteiger partial charge in [0.05, 0.1) is 12.7 Å². The van der Waals surface area contributed by atoms with Crippen LogP contribution in [0, 0.1) is 23.2 Å². The second-order valence-corrected chi connectivity index (χ2v) is 12.2. The second-order valence-electron chi connectivity index (χ2n) is 11.0. The SMILES string of the molecule is CCOC(=O)C1=C(C23CCC4CC(CC(C4)C2)C3)OC2OC(C)C(OC(C)=O)C(OC(C)=O)C2S1. The number of ether oxygens (including phenoxy) is 5.